The summed E-state index contributed by atoms with van der Waals surface area (Å²) in [6.45, 7) is 6.09. The molecule has 0 spiro atoms. The van der Waals surface area contributed by atoms with Crippen LogP contribution < -0.4 is 19.7 Å². The Labute approximate surface area is 175 Å². The van der Waals surface area contributed by atoms with Gasteiger partial charge in [0.25, 0.3) is 0 Å². The van der Waals surface area contributed by atoms with E-state index < -0.39 is 0 Å². The van der Waals surface area contributed by atoms with Crippen LogP contribution in [0.5, 0.6) is 11.5 Å². The van der Waals surface area contributed by atoms with Gasteiger partial charge in [0, 0.05) is 36.4 Å². The van der Waals surface area contributed by atoms with Crippen LogP contribution >= 0.6 is 0 Å². The molecule has 0 unspecified atom stereocenters. The number of fused-ring (bicyclic) bond motifs is 4. The maximum Gasteiger partial charge on any atom is 0.171 e. The van der Waals surface area contributed by atoms with Gasteiger partial charge in [-0.25, -0.2) is 4.39 Å². The van der Waals surface area contributed by atoms with Gasteiger partial charge in [0.05, 0.1) is 5.52 Å². The second kappa shape index (κ2) is 8.11. The first-order valence-corrected chi connectivity index (χ1v) is 10.6. The van der Waals surface area contributed by atoms with Gasteiger partial charge in [-0.15, -0.1) is 0 Å². The second-order valence-electron chi connectivity index (χ2n) is 8.03. The number of rotatable bonds is 6. The Morgan fingerprint density at radius 1 is 1.20 bits per heavy atom. The van der Waals surface area contributed by atoms with E-state index in [-0.39, 0.29) is 11.9 Å². The third-order valence-corrected chi connectivity index (χ3v) is 5.82. The van der Waals surface area contributed by atoms with Crippen LogP contribution in [0.2, 0.25) is 0 Å². The minimum Gasteiger partial charge on any atom is -0.486 e. The lowest BCUT2D eigenvalue weighted by Crippen LogP contribution is -2.39. The number of nitrogens with zero attached hydrogens (tertiary/aromatic N) is 2. The van der Waals surface area contributed by atoms with E-state index >= 15 is 0 Å². The fourth-order valence-corrected chi connectivity index (χ4v) is 4.31. The molecule has 0 saturated heterocycles. The molecule has 5 rings (SSSR count). The van der Waals surface area contributed by atoms with E-state index in [1.165, 1.54) is 5.69 Å². The highest BCUT2D eigenvalue weighted by Crippen LogP contribution is 2.38. The second-order valence-corrected chi connectivity index (χ2v) is 8.03. The van der Waals surface area contributed by atoms with Crippen molar-refractivity contribution >= 4 is 16.6 Å². The molecule has 1 N–H and O–H groups in total. The van der Waals surface area contributed by atoms with Gasteiger partial charge in [-0.05, 0) is 74.3 Å². The lowest BCUT2D eigenvalue weighted by Gasteiger charge is -2.28. The fraction of sp³-hybridized carbons (Fsp3) is 0.375. The maximum atomic E-state index is 13.4. The van der Waals surface area contributed by atoms with Crippen molar-refractivity contribution in [2.45, 2.75) is 25.9 Å². The van der Waals surface area contributed by atoms with Crippen LogP contribution in [-0.2, 0) is 6.42 Å². The molecule has 0 bridgehead atoms. The number of nitrogens with one attached hydrogen (secondary N) is 1. The summed E-state index contributed by atoms with van der Waals surface area (Å²) in [5.41, 5.74) is 4.21. The molecular formula is C24H26FN3O2. The lowest BCUT2D eigenvalue weighted by atomic mass is 10.1. The lowest BCUT2D eigenvalue weighted by molar-refractivity contribution is 0.0925. The Hall–Kier alpha value is -2.86. The predicted molar refractivity (Wildman–Crippen MR) is 116 cm³/mol. The Kier molecular flexibility index (Phi) is 5.17. The maximum absolute atomic E-state index is 13.4. The minimum atomic E-state index is -0.146. The van der Waals surface area contributed by atoms with E-state index in [1.54, 1.807) is 12.1 Å². The van der Waals surface area contributed by atoms with Crippen LogP contribution in [0.3, 0.4) is 0 Å². The highest BCUT2D eigenvalue weighted by atomic mass is 19.1. The van der Waals surface area contributed by atoms with Crippen LogP contribution in [0, 0.1) is 12.7 Å². The molecule has 6 heteroatoms. The van der Waals surface area contributed by atoms with E-state index in [9.17, 15) is 4.39 Å². The highest BCUT2D eigenvalue weighted by Gasteiger charge is 2.23. The molecule has 2 aliphatic heterocycles. The Balaban J connectivity index is 1.12. The average Bonchev–Trinajstić information content (AvgIpc) is 3.15. The van der Waals surface area contributed by atoms with Crippen LogP contribution in [-0.4, -0.2) is 43.9 Å². The summed E-state index contributed by atoms with van der Waals surface area (Å²) < 4.78 is 25.5. The molecule has 0 amide bonds. The minimum absolute atomic E-state index is 0.0279. The zero-order valence-electron chi connectivity index (χ0n) is 17.2. The third-order valence-electron chi connectivity index (χ3n) is 5.82. The van der Waals surface area contributed by atoms with Crippen molar-refractivity contribution in [2.75, 3.05) is 37.7 Å². The van der Waals surface area contributed by atoms with Gasteiger partial charge >= 0.3 is 0 Å². The monoisotopic (exact) mass is 407 g/mol. The molecule has 5 nitrogen and oxygen atoms in total. The number of anilines is 1. The quantitative estimate of drug-likeness (QED) is 0.629. The van der Waals surface area contributed by atoms with Gasteiger partial charge in [-0.1, -0.05) is 0 Å². The smallest absolute Gasteiger partial charge is 0.171 e. The summed E-state index contributed by atoms with van der Waals surface area (Å²) in [5.74, 6) is 1.43. The van der Waals surface area contributed by atoms with Crippen molar-refractivity contribution in [2.24, 2.45) is 0 Å². The molecule has 2 aliphatic rings. The van der Waals surface area contributed by atoms with Crippen LogP contribution in [0.25, 0.3) is 10.9 Å². The summed E-state index contributed by atoms with van der Waals surface area (Å²) in [6.07, 6.45) is 1.92. The molecule has 2 aromatic carbocycles. The fourth-order valence-electron chi connectivity index (χ4n) is 4.31. The van der Waals surface area contributed by atoms with E-state index in [2.05, 4.69) is 21.3 Å². The van der Waals surface area contributed by atoms with Gasteiger partial charge < -0.3 is 19.7 Å². The molecule has 0 fully saturated rings. The molecule has 1 aromatic heterocycles. The van der Waals surface area contributed by atoms with Gasteiger partial charge in [0.15, 0.2) is 11.5 Å². The van der Waals surface area contributed by atoms with E-state index in [0.29, 0.717) is 6.61 Å². The first kappa shape index (κ1) is 19.1. The standard InChI is InChI=1S/C24H26FN3O2/c1-16-3-5-20-21(27-16)6-8-23-24(20)30-19(15-29-23)14-26-10-2-11-28-12-9-17-13-18(25)4-7-22(17)28/h3-8,13,19,26H,2,9-12,14-15H2,1H3/t19-/m0/s1. The molecule has 156 valence electrons. The van der Waals surface area contributed by atoms with Gasteiger partial charge in [-0.3, -0.25) is 4.98 Å². The number of halogens is 1. The van der Waals surface area contributed by atoms with Crippen LogP contribution in [0.15, 0.2) is 42.5 Å². The van der Waals surface area contributed by atoms with Crippen molar-refractivity contribution in [3.63, 3.8) is 0 Å². The third kappa shape index (κ3) is 3.79. The van der Waals surface area contributed by atoms with Crippen LogP contribution in [0.1, 0.15) is 17.7 Å². The van der Waals surface area contributed by atoms with Crippen molar-refractivity contribution in [3.8, 4) is 11.5 Å². The SMILES string of the molecule is Cc1ccc2c3c(ccc2n1)OC[C@H](CNCCCN1CCc2cc(F)ccc21)O3. The topological polar surface area (TPSA) is 46.6 Å². The molecule has 0 aliphatic carbocycles. The summed E-state index contributed by atoms with van der Waals surface area (Å²) in [6, 6.07) is 13.1. The summed E-state index contributed by atoms with van der Waals surface area (Å²) in [5, 5.41) is 4.49. The predicted octanol–water partition coefficient (Wildman–Crippen LogP) is 3.86. The van der Waals surface area contributed by atoms with Crippen LogP contribution in [0.4, 0.5) is 10.1 Å². The number of benzene rings is 2. The van der Waals surface area contributed by atoms with E-state index in [1.807, 2.05) is 31.2 Å². The van der Waals surface area contributed by atoms with Gasteiger partial charge in [-0.2, -0.15) is 0 Å². The molecule has 1 atom stereocenters. The Morgan fingerprint density at radius 2 is 2.13 bits per heavy atom. The first-order valence-electron chi connectivity index (χ1n) is 10.6. The number of hydrogen-bond donors (Lipinski definition) is 1. The van der Waals surface area contributed by atoms with Crippen molar-refractivity contribution in [3.05, 3.63) is 59.5 Å². The number of pyridine rings is 1. The normalized spacial score (nSPS) is 17.4. The summed E-state index contributed by atoms with van der Waals surface area (Å²) in [7, 11) is 0. The van der Waals surface area contributed by atoms with E-state index in [0.717, 1.165) is 72.7 Å². The molecule has 3 heterocycles. The van der Waals surface area contributed by atoms with E-state index in [4.69, 9.17) is 9.47 Å². The Morgan fingerprint density at radius 3 is 3.07 bits per heavy atom. The summed E-state index contributed by atoms with van der Waals surface area (Å²) >= 11 is 0. The summed E-state index contributed by atoms with van der Waals surface area (Å²) in [4.78, 5) is 6.92. The average molecular weight is 407 g/mol. The zero-order chi connectivity index (χ0) is 20.5. The number of hydrogen-bond acceptors (Lipinski definition) is 5. The largest absolute Gasteiger partial charge is 0.486 e. The first-order chi connectivity index (χ1) is 14.7. The Bertz CT molecular complexity index is 1070. The van der Waals surface area contributed by atoms with Crippen molar-refractivity contribution < 1.29 is 13.9 Å². The van der Waals surface area contributed by atoms with Crippen molar-refractivity contribution in [1.82, 2.24) is 10.3 Å². The zero-order valence-corrected chi connectivity index (χ0v) is 17.2. The molecule has 3 aromatic rings. The van der Waals surface area contributed by atoms with Crippen molar-refractivity contribution in [1.29, 1.82) is 0 Å². The van der Waals surface area contributed by atoms with Gasteiger partial charge in [0.1, 0.15) is 18.5 Å². The molecular weight excluding hydrogens is 381 g/mol. The van der Waals surface area contributed by atoms with Gasteiger partial charge in [0.2, 0.25) is 0 Å². The molecule has 0 saturated carbocycles. The number of ether oxygens (including phenoxy) is 2. The molecule has 0 radical (unpaired) electrons. The highest BCUT2D eigenvalue weighted by molar-refractivity contribution is 5.88. The number of aromatic nitrogens is 1. The number of aryl methyl sites for hydroxylation is 1. The molecule has 30 heavy (non-hydrogen) atoms.